The van der Waals surface area contributed by atoms with E-state index in [4.69, 9.17) is 4.74 Å². The van der Waals surface area contributed by atoms with Gasteiger partial charge in [0.05, 0.1) is 11.7 Å². The second-order valence-electron chi connectivity index (χ2n) is 6.77. The van der Waals surface area contributed by atoms with Crippen LogP contribution in [0.2, 0.25) is 0 Å². The topological polar surface area (TPSA) is 50.8 Å². The van der Waals surface area contributed by atoms with Crippen molar-refractivity contribution in [2.45, 2.75) is 31.5 Å². The number of ether oxygens (including phenoxy) is 2. The lowest BCUT2D eigenvalue weighted by Gasteiger charge is -2.39. The summed E-state index contributed by atoms with van der Waals surface area (Å²) in [5, 5.41) is 3.20. The molecule has 2 aliphatic rings. The van der Waals surface area contributed by atoms with Gasteiger partial charge in [-0.25, -0.2) is 0 Å². The van der Waals surface area contributed by atoms with E-state index in [9.17, 15) is 18.0 Å². The summed E-state index contributed by atoms with van der Waals surface area (Å²) in [7, 11) is 0. The number of halogens is 3. The highest BCUT2D eigenvalue weighted by Crippen LogP contribution is 2.38. The van der Waals surface area contributed by atoms with Crippen LogP contribution in [-0.4, -0.2) is 36.4 Å². The molecule has 0 radical (unpaired) electrons. The summed E-state index contributed by atoms with van der Waals surface area (Å²) in [5.41, 5.74) is 1.29. The summed E-state index contributed by atoms with van der Waals surface area (Å²) in [4.78, 5) is 14.7. The molecule has 2 aromatic carbocycles. The molecular weight excluding hydrogens is 373 g/mol. The molecule has 1 amide bonds. The molecule has 148 valence electrons. The van der Waals surface area contributed by atoms with Crippen LogP contribution < -0.4 is 10.1 Å². The summed E-state index contributed by atoms with van der Waals surface area (Å²) in [6.45, 7) is 0.903. The van der Waals surface area contributed by atoms with Gasteiger partial charge in [0, 0.05) is 24.4 Å². The zero-order valence-electron chi connectivity index (χ0n) is 14.9. The van der Waals surface area contributed by atoms with Crippen molar-refractivity contribution < 1.29 is 27.4 Å². The molecule has 2 aliphatic heterocycles. The second-order valence-corrected chi connectivity index (χ2v) is 6.77. The fraction of sp³-hybridized carbons (Fsp3) is 0.350. The highest BCUT2D eigenvalue weighted by atomic mass is 19.4. The summed E-state index contributed by atoms with van der Waals surface area (Å²) >= 11 is 0. The lowest BCUT2D eigenvalue weighted by molar-refractivity contribution is -0.275. The van der Waals surface area contributed by atoms with Gasteiger partial charge >= 0.3 is 6.36 Å². The van der Waals surface area contributed by atoms with Crippen LogP contribution in [0.5, 0.6) is 5.75 Å². The summed E-state index contributed by atoms with van der Waals surface area (Å²) < 4.78 is 48.5. The smallest absolute Gasteiger partial charge is 0.405 e. The molecule has 0 bridgehead atoms. The third kappa shape index (κ3) is 3.77. The van der Waals surface area contributed by atoms with E-state index in [0.717, 1.165) is 12.8 Å². The van der Waals surface area contributed by atoms with Gasteiger partial charge in [0.2, 0.25) is 0 Å². The first kappa shape index (κ1) is 18.6. The maximum atomic E-state index is 13.2. The summed E-state index contributed by atoms with van der Waals surface area (Å²) in [5.74, 6) is -0.589. The molecule has 0 spiro atoms. The van der Waals surface area contributed by atoms with Crippen molar-refractivity contribution in [3.8, 4) is 5.75 Å². The molecule has 5 nitrogen and oxygen atoms in total. The first-order chi connectivity index (χ1) is 13.4. The molecule has 2 aromatic rings. The van der Waals surface area contributed by atoms with Crippen LogP contribution in [0, 0.1) is 0 Å². The number of hydrogen-bond donors (Lipinski definition) is 1. The van der Waals surface area contributed by atoms with Crippen molar-refractivity contribution in [3.05, 3.63) is 59.7 Å². The molecule has 2 heterocycles. The van der Waals surface area contributed by atoms with Crippen molar-refractivity contribution in [3.63, 3.8) is 0 Å². The highest BCUT2D eigenvalue weighted by Gasteiger charge is 2.38. The number of nitrogens with zero attached hydrogens (tertiary/aromatic N) is 1. The van der Waals surface area contributed by atoms with E-state index in [2.05, 4.69) is 10.1 Å². The van der Waals surface area contributed by atoms with E-state index in [1.54, 1.807) is 30.3 Å². The number of hydrogen-bond acceptors (Lipinski definition) is 4. The molecule has 1 fully saturated rings. The average Bonchev–Trinajstić information content (AvgIpc) is 3.16. The predicted molar refractivity (Wildman–Crippen MR) is 95.9 cm³/mol. The zero-order chi connectivity index (χ0) is 19.7. The van der Waals surface area contributed by atoms with Crippen LogP contribution in [0.15, 0.2) is 48.5 Å². The number of benzene rings is 2. The van der Waals surface area contributed by atoms with Crippen molar-refractivity contribution in [1.82, 2.24) is 4.90 Å². The molecule has 2 atom stereocenters. The molecule has 8 heteroatoms. The Balaban J connectivity index is 1.74. The Hall–Kier alpha value is -2.74. The Morgan fingerprint density at radius 1 is 1.14 bits per heavy atom. The van der Waals surface area contributed by atoms with Crippen LogP contribution in [0.25, 0.3) is 0 Å². The van der Waals surface area contributed by atoms with Crippen LogP contribution in [-0.2, 0) is 4.74 Å². The molecule has 0 unspecified atom stereocenters. The zero-order valence-corrected chi connectivity index (χ0v) is 14.9. The fourth-order valence-electron chi connectivity index (χ4n) is 3.66. The number of alkyl halides is 3. The van der Waals surface area contributed by atoms with Gasteiger partial charge < -0.3 is 19.7 Å². The summed E-state index contributed by atoms with van der Waals surface area (Å²) in [6, 6.07) is 12.8. The van der Waals surface area contributed by atoms with Crippen molar-refractivity contribution >= 4 is 11.6 Å². The molecule has 1 N–H and O–H groups in total. The number of rotatable bonds is 4. The summed E-state index contributed by atoms with van der Waals surface area (Å²) in [6.07, 6.45) is -4.07. The SMILES string of the molecule is O=C1c2ccccc2N[C@H](c2ccccc2OC(F)(F)F)N1C[C@H]1CCCO1. The van der Waals surface area contributed by atoms with Crippen LogP contribution in [0.4, 0.5) is 18.9 Å². The van der Waals surface area contributed by atoms with Crippen molar-refractivity contribution in [1.29, 1.82) is 0 Å². The molecule has 28 heavy (non-hydrogen) atoms. The van der Waals surface area contributed by atoms with E-state index in [1.165, 1.54) is 23.1 Å². The maximum absolute atomic E-state index is 13.2. The van der Waals surface area contributed by atoms with Gasteiger partial charge in [0.1, 0.15) is 11.9 Å². The normalized spacial score (nSPS) is 22.0. The van der Waals surface area contributed by atoms with E-state index in [-0.39, 0.29) is 29.9 Å². The number of nitrogens with one attached hydrogen (secondary N) is 1. The van der Waals surface area contributed by atoms with E-state index >= 15 is 0 Å². The van der Waals surface area contributed by atoms with Gasteiger partial charge in [-0.05, 0) is 31.0 Å². The largest absolute Gasteiger partial charge is 0.573 e. The van der Waals surface area contributed by atoms with E-state index in [0.29, 0.717) is 17.9 Å². The number of carbonyl (C=O) groups excluding carboxylic acids is 1. The third-order valence-corrected chi connectivity index (χ3v) is 4.89. The first-order valence-corrected chi connectivity index (χ1v) is 9.05. The van der Waals surface area contributed by atoms with Gasteiger partial charge in [0.25, 0.3) is 5.91 Å². The lowest BCUT2D eigenvalue weighted by Crippen LogP contribution is -2.46. The quantitative estimate of drug-likeness (QED) is 0.842. The van der Waals surface area contributed by atoms with E-state index < -0.39 is 12.5 Å². The second kappa shape index (κ2) is 7.35. The minimum atomic E-state index is -4.83. The number of carbonyl (C=O) groups is 1. The fourth-order valence-corrected chi connectivity index (χ4v) is 3.66. The van der Waals surface area contributed by atoms with Gasteiger partial charge in [-0.3, -0.25) is 4.79 Å². The molecule has 1 saturated heterocycles. The number of anilines is 1. The highest BCUT2D eigenvalue weighted by molar-refractivity contribution is 6.01. The number of fused-ring (bicyclic) bond motifs is 1. The predicted octanol–water partition coefficient (Wildman–Crippen LogP) is 4.33. The Bertz CT molecular complexity index is 866. The third-order valence-electron chi connectivity index (χ3n) is 4.89. The number of amides is 1. The van der Waals surface area contributed by atoms with Crippen LogP contribution in [0.1, 0.15) is 34.9 Å². The monoisotopic (exact) mass is 392 g/mol. The minimum Gasteiger partial charge on any atom is -0.405 e. The molecule has 4 rings (SSSR count). The molecule has 0 saturated carbocycles. The molecule has 0 aromatic heterocycles. The van der Waals surface area contributed by atoms with Crippen molar-refractivity contribution in [2.75, 3.05) is 18.5 Å². The van der Waals surface area contributed by atoms with Crippen LogP contribution >= 0.6 is 0 Å². The molecular formula is C20H19F3N2O3. The van der Waals surface area contributed by atoms with E-state index in [1.807, 2.05) is 0 Å². The van der Waals surface area contributed by atoms with Crippen molar-refractivity contribution in [2.24, 2.45) is 0 Å². The Morgan fingerprint density at radius 2 is 1.89 bits per heavy atom. The average molecular weight is 392 g/mol. The Labute approximate surface area is 160 Å². The van der Waals surface area contributed by atoms with Gasteiger partial charge in [-0.1, -0.05) is 30.3 Å². The Morgan fingerprint density at radius 3 is 2.64 bits per heavy atom. The number of para-hydroxylation sites is 2. The minimum absolute atomic E-state index is 0.144. The van der Waals surface area contributed by atoms with Gasteiger partial charge in [-0.2, -0.15) is 0 Å². The van der Waals surface area contributed by atoms with Gasteiger partial charge in [0.15, 0.2) is 0 Å². The first-order valence-electron chi connectivity index (χ1n) is 9.05. The standard InChI is InChI=1S/C20H19F3N2O3/c21-20(22,23)28-17-10-4-2-8-15(17)18-24-16-9-3-1-7-14(16)19(26)25(18)12-13-6-5-11-27-13/h1-4,7-10,13,18,24H,5-6,11-12H2/t13-,18+/m1/s1. The lowest BCUT2D eigenvalue weighted by atomic mass is 10.0. The molecule has 0 aliphatic carbocycles. The maximum Gasteiger partial charge on any atom is 0.573 e. The van der Waals surface area contributed by atoms with Gasteiger partial charge in [-0.15, -0.1) is 13.2 Å². The van der Waals surface area contributed by atoms with Crippen LogP contribution in [0.3, 0.4) is 0 Å². The Kier molecular flexibility index (Phi) is 4.89.